The monoisotopic (exact) mass is 228 g/mol. The van der Waals surface area contributed by atoms with E-state index in [1.54, 1.807) is 0 Å². The highest BCUT2D eigenvalue weighted by Gasteiger charge is 2.22. The van der Waals surface area contributed by atoms with Crippen molar-refractivity contribution in [2.24, 2.45) is 0 Å². The lowest BCUT2D eigenvalue weighted by Gasteiger charge is -2.28. The normalized spacial score (nSPS) is 15.8. The summed E-state index contributed by atoms with van der Waals surface area (Å²) < 4.78 is 2.23. The van der Waals surface area contributed by atoms with Crippen molar-refractivity contribution in [2.75, 3.05) is 13.1 Å². The topological polar surface area (TPSA) is 42.7 Å². The van der Waals surface area contributed by atoms with Gasteiger partial charge in [-0.15, -0.1) is 0 Å². The molecule has 0 spiro atoms. The quantitative estimate of drug-likeness (QED) is 0.861. The summed E-state index contributed by atoms with van der Waals surface area (Å²) in [5, 5.41) is 3.30. The van der Waals surface area contributed by atoms with Gasteiger partial charge in [-0.2, -0.15) is 0 Å². The highest BCUT2D eigenvalue weighted by atomic mass is 15.1. The van der Waals surface area contributed by atoms with Crippen LogP contribution in [-0.4, -0.2) is 27.6 Å². The van der Waals surface area contributed by atoms with Gasteiger partial charge in [0.25, 0.3) is 0 Å². The predicted molar refractivity (Wildman–Crippen MR) is 65.9 cm³/mol. The summed E-state index contributed by atoms with van der Waals surface area (Å²) in [6.07, 6.45) is 7.68. The van der Waals surface area contributed by atoms with E-state index in [0.717, 1.165) is 19.6 Å². The Hall–Kier alpha value is -1.68. The smallest absolute Gasteiger partial charge is 0.0951 e. The maximum absolute atomic E-state index is 4.27. The fraction of sp³-hybridized carbons (Fsp3) is 0.385. The van der Waals surface area contributed by atoms with Crippen LogP contribution >= 0.6 is 0 Å². The minimum absolute atomic E-state index is 0.620. The van der Waals surface area contributed by atoms with E-state index < -0.39 is 0 Å². The first-order chi connectivity index (χ1) is 8.34. The summed E-state index contributed by atoms with van der Waals surface area (Å²) in [7, 11) is 0. The van der Waals surface area contributed by atoms with Crippen molar-refractivity contribution in [3.63, 3.8) is 0 Å². The molecule has 0 radical (unpaired) electrons. The molecule has 0 atom stereocenters. The van der Waals surface area contributed by atoms with Crippen molar-refractivity contribution in [3.05, 3.63) is 47.8 Å². The van der Waals surface area contributed by atoms with Gasteiger partial charge in [0, 0.05) is 43.3 Å². The predicted octanol–water partition coefficient (Wildman–Crippen LogP) is 1.32. The molecule has 4 nitrogen and oxygen atoms in total. The van der Waals surface area contributed by atoms with Gasteiger partial charge in [0.05, 0.1) is 12.9 Å². The molecule has 4 heteroatoms. The summed E-state index contributed by atoms with van der Waals surface area (Å²) in [4.78, 5) is 8.45. The van der Waals surface area contributed by atoms with Crippen LogP contribution in [0.4, 0.5) is 0 Å². The lowest BCUT2D eigenvalue weighted by atomic mass is 9.99. The van der Waals surface area contributed by atoms with E-state index in [9.17, 15) is 0 Å². The minimum atomic E-state index is 0.620. The van der Waals surface area contributed by atoms with Gasteiger partial charge < -0.3 is 9.88 Å². The zero-order valence-corrected chi connectivity index (χ0v) is 9.93. The van der Waals surface area contributed by atoms with E-state index in [0.29, 0.717) is 5.92 Å². The molecule has 3 heterocycles. The zero-order chi connectivity index (χ0) is 11.7. The first kappa shape index (κ1) is 10.5. The number of aromatic nitrogens is 3. The summed E-state index contributed by atoms with van der Waals surface area (Å²) in [5.41, 5.74) is 3.87. The lowest BCUT2D eigenvalue weighted by Crippen LogP contribution is -2.40. The van der Waals surface area contributed by atoms with Crippen molar-refractivity contribution < 1.29 is 0 Å². The molecule has 0 unspecified atom stereocenters. The molecule has 1 N–H and O–H groups in total. The van der Waals surface area contributed by atoms with E-state index in [2.05, 4.69) is 32.8 Å². The fourth-order valence-corrected chi connectivity index (χ4v) is 2.15. The van der Waals surface area contributed by atoms with Gasteiger partial charge in [0.15, 0.2) is 0 Å². The Morgan fingerprint density at radius 2 is 2.24 bits per heavy atom. The summed E-state index contributed by atoms with van der Waals surface area (Å²) >= 11 is 0. The van der Waals surface area contributed by atoms with E-state index >= 15 is 0 Å². The lowest BCUT2D eigenvalue weighted by molar-refractivity contribution is 0.427. The highest BCUT2D eigenvalue weighted by molar-refractivity contribution is 5.23. The average molecular weight is 228 g/mol. The number of rotatable bonds is 3. The molecule has 1 aliphatic rings. The second-order valence-corrected chi connectivity index (χ2v) is 4.60. The van der Waals surface area contributed by atoms with Crippen LogP contribution in [0.5, 0.6) is 0 Å². The number of imidazole rings is 1. The van der Waals surface area contributed by atoms with E-state index in [1.165, 1.54) is 16.8 Å². The number of hydrogen-bond donors (Lipinski definition) is 1. The molecule has 17 heavy (non-hydrogen) atoms. The third kappa shape index (κ3) is 1.96. The van der Waals surface area contributed by atoms with Gasteiger partial charge in [-0.25, -0.2) is 4.98 Å². The van der Waals surface area contributed by atoms with Crippen molar-refractivity contribution >= 4 is 0 Å². The maximum atomic E-state index is 4.27. The first-order valence-corrected chi connectivity index (χ1v) is 5.95. The summed E-state index contributed by atoms with van der Waals surface area (Å²) in [5.74, 6) is 0.620. The van der Waals surface area contributed by atoms with Gasteiger partial charge >= 0.3 is 0 Å². The van der Waals surface area contributed by atoms with Crippen LogP contribution in [0.3, 0.4) is 0 Å². The Kier molecular flexibility index (Phi) is 2.65. The molecule has 0 amide bonds. The highest BCUT2D eigenvalue weighted by Crippen LogP contribution is 2.20. The maximum Gasteiger partial charge on any atom is 0.0951 e. The molecular weight excluding hydrogens is 212 g/mol. The van der Waals surface area contributed by atoms with Gasteiger partial charge in [-0.1, -0.05) is 0 Å². The van der Waals surface area contributed by atoms with Crippen molar-refractivity contribution in [1.82, 2.24) is 19.9 Å². The van der Waals surface area contributed by atoms with Crippen molar-refractivity contribution in [3.8, 4) is 0 Å². The van der Waals surface area contributed by atoms with Crippen molar-refractivity contribution in [1.29, 1.82) is 0 Å². The standard InChI is InChI=1S/C13H16N4/c1-10-2-3-14-6-12(10)8-17-9-16-7-13(17)11-4-15-5-11/h2-3,6-7,9,11,15H,4-5,8H2,1H3. The van der Waals surface area contributed by atoms with Crippen LogP contribution in [0.2, 0.25) is 0 Å². The first-order valence-electron chi connectivity index (χ1n) is 5.95. The molecule has 2 aromatic heterocycles. The van der Waals surface area contributed by atoms with Crippen molar-refractivity contribution in [2.45, 2.75) is 19.4 Å². The Morgan fingerprint density at radius 1 is 1.35 bits per heavy atom. The van der Waals surface area contributed by atoms with Crippen LogP contribution in [0.1, 0.15) is 22.7 Å². The second-order valence-electron chi connectivity index (χ2n) is 4.60. The van der Waals surface area contributed by atoms with E-state index in [-0.39, 0.29) is 0 Å². The number of aryl methyl sites for hydroxylation is 1. The molecule has 1 fully saturated rings. The molecular formula is C13H16N4. The van der Waals surface area contributed by atoms with Gasteiger partial charge in [0.1, 0.15) is 0 Å². The third-order valence-corrected chi connectivity index (χ3v) is 3.43. The Bertz CT molecular complexity index is 514. The minimum Gasteiger partial charge on any atom is -0.330 e. The molecule has 0 saturated carbocycles. The summed E-state index contributed by atoms with van der Waals surface area (Å²) in [6.45, 7) is 5.12. The molecule has 0 aromatic carbocycles. The summed E-state index contributed by atoms with van der Waals surface area (Å²) in [6, 6.07) is 2.05. The molecule has 1 saturated heterocycles. The number of nitrogens with one attached hydrogen (secondary N) is 1. The third-order valence-electron chi connectivity index (χ3n) is 3.43. The fourth-order valence-electron chi connectivity index (χ4n) is 2.15. The van der Waals surface area contributed by atoms with Crippen LogP contribution in [0.15, 0.2) is 31.0 Å². The van der Waals surface area contributed by atoms with Crippen LogP contribution < -0.4 is 5.32 Å². The van der Waals surface area contributed by atoms with Crippen LogP contribution in [0.25, 0.3) is 0 Å². The Labute approximate surface area is 101 Å². The average Bonchev–Trinajstić information content (AvgIpc) is 2.68. The van der Waals surface area contributed by atoms with E-state index in [1.807, 2.05) is 24.9 Å². The molecule has 1 aliphatic heterocycles. The number of nitrogens with zero attached hydrogens (tertiary/aromatic N) is 3. The Morgan fingerprint density at radius 3 is 2.94 bits per heavy atom. The van der Waals surface area contributed by atoms with Gasteiger partial charge in [-0.3, -0.25) is 4.98 Å². The van der Waals surface area contributed by atoms with Crippen LogP contribution in [0, 0.1) is 6.92 Å². The molecule has 3 rings (SSSR count). The number of hydrogen-bond acceptors (Lipinski definition) is 3. The Balaban J connectivity index is 1.85. The largest absolute Gasteiger partial charge is 0.330 e. The zero-order valence-electron chi connectivity index (χ0n) is 9.93. The SMILES string of the molecule is Cc1ccncc1Cn1cncc1C1CNC1. The molecule has 88 valence electrons. The molecule has 0 bridgehead atoms. The van der Waals surface area contributed by atoms with E-state index in [4.69, 9.17) is 0 Å². The van der Waals surface area contributed by atoms with Crippen LogP contribution in [-0.2, 0) is 6.54 Å². The number of pyridine rings is 1. The molecule has 2 aromatic rings. The second kappa shape index (κ2) is 4.30. The van der Waals surface area contributed by atoms with Gasteiger partial charge in [-0.05, 0) is 24.1 Å². The molecule has 0 aliphatic carbocycles. The van der Waals surface area contributed by atoms with Gasteiger partial charge in [0.2, 0.25) is 0 Å².